The average Bonchev–Trinajstić information content (AvgIpc) is 3.44. The number of piperazine rings is 1. The van der Waals surface area contributed by atoms with Gasteiger partial charge in [-0.1, -0.05) is 6.92 Å². The van der Waals surface area contributed by atoms with Gasteiger partial charge in [-0.25, -0.2) is 4.98 Å². The van der Waals surface area contributed by atoms with Crippen LogP contribution in [0.15, 0.2) is 10.4 Å². The standard InChI is InChI=1S/C21H36N6OS.HI/c1-4-19-24-18(16-29-19)8-9-23-21(22-5-2)27-14-12-25(13-15-27)17(3)20(28)26-10-6-7-11-26;/h16-17H,4-15H2,1-3H3,(H,22,23);1H. The van der Waals surface area contributed by atoms with Crippen LogP contribution < -0.4 is 5.32 Å². The Hall–Kier alpha value is -0.940. The highest BCUT2D eigenvalue weighted by atomic mass is 127. The van der Waals surface area contributed by atoms with Gasteiger partial charge in [0.1, 0.15) is 0 Å². The summed E-state index contributed by atoms with van der Waals surface area (Å²) in [6, 6.07) is -0.0211. The molecule has 2 fully saturated rings. The van der Waals surface area contributed by atoms with E-state index in [1.54, 1.807) is 11.3 Å². The van der Waals surface area contributed by atoms with Gasteiger partial charge in [-0.05, 0) is 33.1 Å². The molecule has 1 N–H and O–H groups in total. The summed E-state index contributed by atoms with van der Waals surface area (Å²) in [5, 5.41) is 6.78. The Labute approximate surface area is 202 Å². The number of carbonyl (C=O) groups excluding carboxylic acids is 1. The molecule has 2 aliphatic rings. The smallest absolute Gasteiger partial charge is 0.239 e. The van der Waals surface area contributed by atoms with Crippen LogP contribution in [0.1, 0.15) is 44.3 Å². The van der Waals surface area contributed by atoms with Crippen molar-refractivity contribution in [3.05, 3.63) is 16.1 Å². The van der Waals surface area contributed by atoms with E-state index in [-0.39, 0.29) is 30.0 Å². The van der Waals surface area contributed by atoms with E-state index >= 15 is 0 Å². The minimum absolute atomic E-state index is 0. The largest absolute Gasteiger partial charge is 0.357 e. The molecule has 1 atom stereocenters. The molecule has 170 valence electrons. The fourth-order valence-electron chi connectivity index (χ4n) is 4.01. The number of hydrogen-bond acceptors (Lipinski definition) is 5. The van der Waals surface area contributed by atoms with Crippen molar-refractivity contribution < 1.29 is 4.79 Å². The molecule has 9 heteroatoms. The van der Waals surface area contributed by atoms with Gasteiger partial charge in [0.25, 0.3) is 0 Å². The molecule has 1 aromatic heterocycles. The Balaban J connectivity index is 0.00000320. The summed E-state index contributed by atoms with van der Waals surface area (Å²) in [5.74, 6) is 1.28. The molecule has 3 rings (SSSR count). The lowest BCUT2D eigenvalue weighted by atomic mass is 10.2. The Morgan fingerprint density at radius 1 is 1.17 bits per heavy atom. The third-order valence-electron chi connectivity index (χ3n) is 5.80. The summed E-state index contributed by atoms with van der Waals surface area (Å²) in [5.41, 5.74) is 1.14. The molecule has 0 spiro atoms. The van der Waals surface area contributed by atoms with Crippen molar-refractivity contribution >= 4 is 47.2 Å². The van der Waals surface area contributed by atoms with Crippen molar-refractivity contribution in [2.75, 3.05) is 52.4 Å². The van der Waals surface area contributed by atoms with Gasteiger partial charge in [-0.2, -0.15) is 0 Å². The summed E-state index contributed by atoms with van der Waals surface area (Å²) >= 11 is 1.74. The molecule has 3 heterocycles. The Morgan fingerprint density at radius 3 is 2.47 bits per heavy atom. The van der Waals surface area contributed by atoms with Gasteiger partial charge in [0, 0.05) is 64.2 Å². The van der Waals surface area contributed by atoms with Crippen LogP contribution in [-0.2, 0) is 17.6 Å². The molecule has 30 heavy (non-hydrogen) atoms. The first-order valence-electron chi connectivity index (χ1n) is 11.1. The predicted octanol–water partition coefficient (Wildman–Crippen LogP) is 2.46. The number of aliphatic imine (C=N–C) groups is 1. The number of rotatable bonds is 7. The summed E-state index contributed by atoms with van der Waals surface area (Å²) in [4.78, 5) is 28.8. The van der Waals surface area contributed by atoms with Crippen LogP contribution in [0.25, 0.3) is 0 Å². The molecule has 0 bridgehead atoms. The van der Waals surface area contributed by atoms with Gasteiger partial charge in [0.2, 0.25) is 5.91 Å². The number of likely N-dealkylation sites (tertiary alicyclic amines) is 1. The Bertz CT molecular complexity index is 683. The fraction of sp³-hybridized carbons (Fsp3) is 0.762. The van der Waals surface area contributed by atoms with E-state index in [2.05, 4.69) is 46.3 Å². The molecule has 7 nitrogen and oxygen atoms in total. The monoisotopic (exact) mass is 548 g/mol. The number of guanidine groups is 1. The van der Waals surface area contributed by atoms with Crippen LogP contribution in [-0.4, -0.2) is 90.0 Å². The lowest BCUT2D eigenvalue weighted by Crippen LogP contribution is -2.57. The predicted molar refractivity (Wildman–Crippen MR) is 135 cm³/mol. The molecule has 1 amide bonds. The number of amides is 1. The molecule has 0 aliphatic carbocycles. The van der Waals surface area contributed by atoms with Crippen LogP contribution in [0.5, 0.6) is 0 Å². The maximum absolute atomic E-state index is 12.7. The molecule has 0 aromatic carbocycles. The average molecular weight is 549 g/mol. The second-order valence-electron chi connectivity index (χ2n) is 7.80. The topological polar surface area (TPSA) is 64.1 Å². The van der Waals surface area contributed by atoms with Gasteiger partial charge < -0.3 is 15.1 Å². The van der Waals surface area contributed by atoms with Crippen LogP contribution in [0.3, 0.4) is 0 Å². The molecule has 1 unspecified atom stereocenters. The maximum atomic E-state index is 12.7. The minimum Gasteiger partial charge on any atom is -0.357 e. The number of nitrogens with zero attached hydrogens (tertiary/aromatic N) is 5. The summed E-state index contributed by atoms with van der Waals surface area (Å²) in [6.45, 7) is 13.4. The number of nitrogens with one attached hydrogen (secondary N) is 1. The second kappa shape index (κ2) is 12.8. The minimum atomic E-state index is -0.0211. The number of thiazole rings is 1. The zero-order valence-electron chi connectivity index (χ0n) is 18.6. The highest BCUT2D eigenvalue weighted by Gasteiger charge is 2.30. The first kappa shape index (κ1) is 25.3. The molecule has 0 saturated carbocycles. The van der Waals surface area contributed by atoms with E-state index in [4.69, 9.17) is 4.99 Å². The lowest BCUT2D eigenvalue weighted by molar-refractivity contribution is -0.135. The number of hydrogen-bond donors (Lipinski definition) is 1. The third kappa shape index (κ3) is 6.78. The van der Waals surface area contributed by atoms with Gasteiger partial charge in [0.15, 0.2) is 5.96 Å². The summed E-state index contributed by atoms with van der Waals surface area (Å²) < 4.78 is 0. The zero-order chi connectivity index (χ0) is 20.6. The van der Waals surface area contributed by atoms with E-state index in [9.17, 15) is 4.79 Å². The Morgan fingerprint density at radius 2 is 1.87 bits per heavy atom. The van der Waals surface area contributed by atoms with Gasteiger partial charge in [-0.3, -0.25) is 14.7 Å². The van der Waals surface area contributed by atoms with Crippen molar-refractivity contribution in [1.82, 2.24) is 25.0 Å². The van der Waals surface area contributed by atoms with Crippen LogP contribution in [0.4, 0.5) is 0 Å². The highest BCUT2D eigenvalue weighted by Crippen LogP contribution is 2.14. The molecule has 2 saturated heterocycles. The normalized spacial score (nSPS) is 19.0. The van der Waals surface area contributed by atoms with E-state index in [1.165, 1.54) is 5.01 Å². The molecular formula is C21H37IN6OS. The van der Waals surface area contributed by atoms with E-state index in [0.29, 0.717) is 5.91 Å². The first-order valence-corrected chi connectivity index (χ1v) is 12.0. The first-order chi connectivity index (χ1) is 14.1. The van der Waals surface area contributed by atoms with Gasteiger partial charge in [0.05, 0.1) is 16.7 Å². The van der Waals surface area contributed by atoms with Gasteiger partial charge in [-0.15, -0.1) is 35.3 Å². The molecule has 1 aromatic rings. The quantitative estimate of drug-likeness (QED) is 0.322. The van der Waals surface area contributed by atoms with Crippen molar-refractivity contribution in [1.29, 1.82) is 0 Å². The summed E-state index contributed by atoms with van der Waals surface area (Å²) in [7, 11) is 0. The van der Waals surface area contributed by atoms with Gasteiger partial charge >= 0.3 is 0 Å². The van der Waals surface area contributed by atoms with Crippen molar-refractivity contribution in [3.8, 4) is 0 Å². The van der Waals surface area contributed by atoms with E-state index in [1.807, 2.05) is 4.90 Å². The highest BCUT2D eigenvalue weighted by molar-refractivity contribution is 14.0. The zero-order valence-corrected chi connectivity index (χ0v) is 21.7. The fourth-order valence-corrected chi connectivity index (χ4v) is 4.79. The van der Waals surface area contributed by atoms with Crippen LogP contribution in [0.2, 0.25) is 0 Å². The third-order valence-corrected chi connectivity index (χ3v) is 6.84. The summed E-state index contributed by atoms with van der Waals surface area (Å²) in [6.07, 6.45) is 4.18. The second-order valence-corrected chi connectivity index (χ2v) is 8.75. The SMILES string of the molecule is CCNC(=NCCc1csc(CC)n1)N1CCN(C(C)C(=O)N2CCCC2)CC1.I. The maximum Gasteiger partial charge on any atom is 0.239 e. The Kier molecular flexibility index (Phi) is 10.8. The molecular weight excluding hydrogens is 511 g/mol. The van der Waals surface area contributed by atoms with Crippen LogP contribution in [0, 0.1) is 0 Å². The number of aromatic nitrogens is 1. The number of carbonyl (C=O) groups is 1. The van der Waals surface area contributed by atoms with Crippen molar-refractivity contribution in [3.63, 3.8) is 0 Å². The molecule has 0 radical (unpaired) electrons. The van der Waals surface area contributed by atoms with Crippen LogP contribution >= 0.6 is 35.3 Å². The number of aryl methyl sites for hydroxylation is 1. The van der Waals surface area contributed by atoms with E-state index in [0.717, 1.165) is 89.7 Å². The van der Waals surface area contributed by atoms with Crippen molar-refractivity contribution in [2.24, 2.45) is 4.99 Å². The lowest BCUT2D eigenvalue weighted by Gasteiger charge is -2.39. The molecule has 2 aliphatic heterocycles. The number of halogens is 1. The van der Waals surface area contributed by atoms with Crippen molar-refractivity contribution in [2.45, 2.75) is 52.5 Å². The van der Waals surface area contributed by atoms with E-state index < -0.39 is 0 Å².